The zero-order valence-corrected chi connectivity index (χ0v) is 39.4. The van der Waals surface area contributed by atoms with Crippen molar-refractivity contribution in [2.75, 3.05) is 35.4 Å². The maximum Gasteiger partial charge on any atom is 0.306 e. The molecule has 12 nitrogen and oxygen atoms in total. The quantitative estimate of drug-likeness (QED) is 0.213. The Morgan fingerprint density at radius 1 is 0.887 bits per heavy atom. The monoisotopic (exact) mass is 898 g/mol. The molecule has 0 amide bonds. The van der Waals surface area contributed by atoms with Crippen molar-refractivity contribution in [3.05, 3.63) is 51.5 Å². The molecule has 4 heterocycles. The fourth-order valence-corrected chi connectivity index (χ4v) is 13.5. The molecule has 1 aromatic carbocycles. The van der Waals surface area contributed by atoms with Crippen molar-refractivity contribution >= 4 is 34.7 Å². The molecular weight excluding hydrogens is 832 g/mol. The molecule has 0 unspecified atom stereocenters. The molecule has 3 aliphatic heterocycles. The summed E-state index contributed by atoms with van der Waals surface area (Å²) in [6.07, 6.45) is 5.04. The largest absolute Gasteiger partial charge is 0.462 e. The number of thiazole rings is 1. The number of halogens is 1. The summed E-state index contributed by atoms with van der Waals surface area (Å²) < 4.78 is 50.5. The molecule has 14 heteroatoms. The van der Waals surface area contributed by atoms with Crippen LogP contribution < -0.4 is 0 Å². The van der Waals surface area contributed by atoms with Crippen molar-refractivity contribution in [2.24, 2.45) is 23.7 Å². The molecule has 1 aromatic heterocycles. The van der Waals surface area contributed by atoms with Gasteiger partial charge in [0.1, 0.15) is 29.4 Å². The van der Waals surface area contributed by atoms with E-state index >= 15 is 4.79 Å². The zero-order valence-electron chi connectivity index (χ0n) is 37.8. The Hall–Kier alpha value is -2.30. The van der Waals surface area contributed by atoms with Crippen molar-refractivity contribution in [3.63, 3.8) is 0 Å². The van der Waals surface area contributed by atoms with Crippen LogP contribution in [-0.4, -0.2) is 125 Å². The van der Waals surface area contributed by atoms with Crippen LogP contribution in [0.2, 0.25) is 5.02 Å². The number of fused-ring (bicyclic) bond motifs is 8. The highest BCUT2D eigenvalue weighted by atomic mass is 35.5. The zero-order chi connectivity index (χ0) is 44.0. The van der Waals surface area contributed by atoms with E-state index in [0.29, 0.717) is 35.9 Å². The molecule has 0 radical (unpaired) electrons. The van der Waals surface area contributed by atoms with Gasteiger partial charge in [0.15, 0.2) is 18.4 Å². The Balaban J connectivity index is 1.15. The van der Waals surface area contributed by atoms with Crippen molar-refractivity contribution in [3.8, 4) is 10.6 Å². The molecule has 3 saturated heterocycles. The molecule has 17 atom stereocenters. The number of likely N-dealkylation sites (N-methyl/N-ethyl adjacent to an activating group) is 1. The van der Waals surface area contributed by atoms with E-state index in [4.69, 9.17) is 54.5 Å². The first kappa shape index (κ1) is 46.2. The van der Waals surface area contributed by atoms with Crippen LogP contribution in [0.1, 0.15) is 108 Å². The smallest absolute Gasteiger partial charge is 0.306 e. The van der Waals surface area contributed by atoms with E-state index in [2.05, 4.69) is 38.9 Å². The Morgan fingerprint density at radius 2 is 1.65 bits per heavy atom. The Morgan fingerprint density at radius 3 is 2.34 bits per heavy atom. The summed E-state index contributed by atoms with van der Waals surface area (Å²) in [5.74, 6) is -1.09. The maximum absolute atomic E-state index is 15.2. The minimum atomic E-state index is -0.677. The third-order valence-electron chi connectivity index (χ3n) is 15.0. The second kappa shape index (κ2) is 19.7. The average Bonchev–Trinajstić information content (AvgIpc) is 3.97. The minimum Gasteiger partial charge on any atom is -0.462 e. The number of cyclic esters (lactones) is 1. The van der Waals surface area contributed by atoms with Crippen LogP contribution in [0.5, 0.6) is 0 Å². The molecule has 4 fully saturated rings. The summed E-state index contributed by atoms with van der Waals surface area (Å²) in [5.41, 5.74) is 2.59. The molecule has 1 saturated carbocycles. The lowest BCUT2D eigenvalue weighted by Gasteiger charge is -2.44. The van der Waals surface area contributed by atoms with Gasteiger partial charge in [0.2, 0.25) is 0 Å². The van der Waals surface area contributed by atoms with E-state index in [-0.39, 0.29) is 90.5 Å². The summed E-state index contributed by atoms with van der Waals surface area (Å²) in [4.78, 5) is 38.0. The van der Waals surface area contributed by atoms with Crippen molar-refractivity contribution in [1.29, 1.82) is 0 Å². The molecule has 62 heavy (non-hydrogen) atoms. The molecular formula is C48H67ClN2O10S. The van der Waals surface area contributed by atoms with Crippen LogP contribution in [0, 0.1) is 23.7 Å². The van der Waals surface area contributed by atoms with E-state index in [1.54, 1.807) is 32.7 Å². The lowest BCUT2D eigenvalue weighted by atomic mass is 9.67. The van der Waals surface area contributed by atoms with Crippen molar-refractivity contribution in [1.82, 2.24) is 9.88 Å². The number of rotatable bonds is 10. The Bertz CT molecular complexity index is 1930. The number of allylic oxidation sites excluding steroid dienone is 2. The lowest BCUT2D eigenvalue weighted by molar-refractivity contribution is -0.314. The van der Waals surface area contributed by atoms with E-state index in [9.17, 15) is 4.79 Å². The van der Waals surface area contributed by atoms with Gasteiger partial charge in [-0.25, -0.2) is 4.98 Å². The number of ether oxygens (including phenoxy) is 8. The number of aromatic nitrogens is 1. The highest BCUT2D eigenvalue weighted by Gasteiger charge is 2.57. The second-order valence-electron chi connectivity index (χ2n) is 18.8. The topological polar surface area (TPSA) is 124 Å². The fraction of sp³-hybridized carbons (Fsp3) is 0.729. The van der Waals surface area contributed by atoms with Gasteiger partial charge < -0.3 is 42.8 Å². The number of esters is 1. The molecule has 0 N–H and O–H groups in total. The van der Waals surface area contributed by atoms with Gasteiger partial charge in [0.25, 0.3) is 0 Å². The molecule has 342 valence electrons. The second-order valence-corrected chi connectivity index (χ2v) is 20.2. The molecule has 2 aromatic rings. The number of hydrogen-bond donors (Lipinski definition) is 0. The lowest BCUT2D eigenvalue weighted by Crippen LogP contribution is -2.59. The standard InChI is InChI=1S/C48H67ClN2O10S/c1-10-27-14-13-17-37(61-39-19-18-36(51(5)6)25(3)57-39)24(2)42(53)34-22-31-30-20-28(60-48-45(56-9)44(55-8)43(54-7)26(4)58-48)21-33(30)41-46(40(31)32(34)23-38(52)59-27)62-47(50-41)29-15-11-12-16-35(29)49/h11-12,15-16,22,24-28,30-33,36-37,39-40,43-45,48H,10,13-14,17-21,23H2,1-9H3/t24-,25-,26+,27+,28+,30+,31+,32-,33-,36+,37+,39+,40-,43+,44-,45-,48+/m1/s1. The predicted octanol–water partition coefficient (Wildman–Crippen LogP) is 8.34. The summed E-state index contributed by atoms with van der Waals surface area (Å²) in [6.45, 7) is 8.15. The average molecular weight is 900 g/mol. The third-order valence-corrected chi connectivity index (χ3v) is 16.5. The Kier molecular flexibility index (Phi) is 14.7. The van der Waals surface area contributed by atoms with Crippen LogP contribution in [0.15, 0.2) is 35.9 Å². The molecule has 0 bridgehead atoms. The van der Waals surface area contributed by atoms with E-state index in [0.717, 1.165) is 53.2 Å². The first-order valence-corrected chi connectivity index (χ1v) is 24.1. The number of ketones is 1. The highest BCUT2D eigenvalue weighted by molar-refractivity contribution is 7.15. The summed E-state index contributed by atoms with van der Waals surface area (Å²) in [5, 5.41) is 1.47. The maximum atomic E-state index is 15.2. The predicted molar refractivity (Wildman–Crippen MR) is 236 cm³/mol. The van der Waals surface area contributed by atoms with Gasteiger partial charge in [-0.15, -0.1) is 11.3 Å². The Labute approximate surface area is 376 Å². The first-order valence-electron chi connectivity index (χ1n) is 22.9. The van der Waals surface area contributed by atoms with Crippen LogP contribution in [0.3, 0.4) is 0 Å². The third kappa shape index (κ3) is 8.98. The number of benzene rings is 1. The van der Waals surface area contributed by atoms with Gasteiger partial charge in [-0.1, -0.05) is 49.7 Å². The SMILES string of the molecule is CC[C@H]1CCC[C@H](O[C@H]2CC[C@H](N(C)C)[C@@H](C)O2)[C@@H](C)C(=O)C2=C[C@H]3[C@@H]4C[C@H](O[C@@H]5O[C@@H](C)[C@H](OC)[C@@H](OC)[C@H]5OC)C[C@H]4c4nc(-c5ccccc5Cl)sc4[C@H]3[C@@H]2CC(=O)O1. The van der Waals surface area contributed by atoms with Crippen LogP contribution >= 0.6 is 22.9 Å². The van der Waals surface area contributed by atoms with E-state index in [1.165, 1.54) is 0 Å². The van der Waals surface area contributed by atoms with E-state index in [1.807, 2.05) is 38.1 Å². The van der Waals surface area contributed by atoms with Crippen LogP contribution in [-0.2, 0) is 47.5 Å². The molecule has 3 aliphatic carbocycles. The first-order chi connectivity index (χ1) is 29.8. The number of Topliss-reactive ketones (excluding diaryl/α,β-unsaturated/α-hetero) is 1. The van der Waals surface area contributed by atoms with Gasteiger partial charge >= 0.3 is 5.97 Å². The number of nitrogens with zero attached hydrogens (tertiary/aromatic N) is 2. The van der Waals surface area contributed by atoms with Crippen LogP contribution in [0.25, 0.3) is 10.6 Å². The van der Waals surface area contributed by atoms with Gasteiger partial charge in [-0.3, -0.25) is 9.59 Å². The highest BCUT2D eigenvalue weighted by Crippen LogP contribution is 2.63. The van der Waals surface area contributed by atoms with Crippen molar-refractivity contribution in [2.45, 2.75) is 165 Å². The summed E-state index contributed by atoms with van der Waals surface area (Å²) in [6, 6.07) is 8.11. The molecule has 8 rings (SSSR count). The van der Waals surface area contributed by atoms with Gasteiger partial charge in [0, 0.05) is 61.5 Å². The van der Waals surface area contributed by atoms with Gasteiger partial charge in [-0.05, 0) is 103 Å². The normalized spacial score (nSPS) is 40.1. The molecule has 0 spiro atoms. The van der Waals surface area contributed by atoms with Crippen LogP contribution in [0.4, 0.5) is 0 Å². The fourth-order valence-electron chi connectivity index (χ4n) is 11.8. The number of carbonyl (C=O) groups excluding carboxylic acids is 2. The van der Waals surface area contributed by atoms with Gasteiger partial charge in [-0.2, -0.15) is 0 Å². The summed E-state index contributed by atoms with van der Waals surface area (Å²) >= 11 is 8.47. The number of carbonyl (C=O) groups is 2. The van der Waals surface area contributed by atoms with Crippen molar-refractivity contribution < 1.29 is 47.5 Å². The number of methoxy groups -OCH3 is 3. The molecule has 6 aliphatic rings. The number of hydrogen-bond acceptors (Lipinski definition) is 13. The summed E-state index contributed by atoms with van der Waals surface area (Å²) in [7, 11) is 9.13. The minimum absolute atomic E-state index is 0.00324. The van der Waals surface area contributed by atoms with Gasteiger partial charge in [0.05, 0.1) is 41.6 Å². The van der Waals surface area contributed by atoms with E-state index < -0.39 is 24.6 Å².